The Kier molecular flexibility index (Phi) is 7.06. The number of likely N-dealkylation sites (tertiary alicyclic amines) is 1. The zero-order chi connectivity index (χ0) is 25.2. The van der Waals surface area contributed by atoms with Crippen LogP contribution in [0, 0.1) is 0 Å². The fourth-order valence-electron chi connectivity index (χ4n) is 3.53. The zero-order valence-corrected chi connectivity index (χ0v) is 19.6. The molecule has 0 aliphatic carbocycles. The van der Waals surface area contributed by atoms with Gasteiger partial charge in [0.15, 0.2) is 5.69 Å². The van der Waals surface area contributed by atoms with Crippen molar-refractivity contribution in [2.24, 2.45) is 7.05 Å². The molecule has 1 fully saturated rings. The third-order valence-electron chi connectivity index (χ3n) is 5.07. The number of nitrogens with zero attached hydrogens (tertiary/aromatic N) is 3. The molecule has 1 aromatic carbocycles. The lowest BCUT2D eigenvalue weighted by Crippen LogP contribution is -2.39. The molecule has 0 bridgehead atoms. The number of methoxy groups -OCH3 is 1. The van der Waals surface area contributed by atoms with Crippen LogP contribution in [0.5, 0.6) is 5.75 Å². The van der Waals surface area contributed by atoms with E-state index in [-0.39, 0.29) is 24.4 Å². The molecule has 34 heavy (non-hydrogen) atoms. The van der Waals surface area contributed by atoms with E-state index in [9.17, 15) is 24.3 Å². The van der Waals surface area contributed by atoms with Crippen molar-refractivity contribution in [3.63, 3.8) is 0 Å². The number of aromatic nitrogens is 2. The molecule has 11 heteroatoms. The van der Waals surface area contributed by atoms with E-state index in [1.54, 1.807) is 39.0 Å². The lowest BCUT2D eigenvalue weighted by Gasteiger charge is -2.29. The van der Waals surface area contributed by atoms with Crippen LogP contribution in [0.4, 0.5) is 4.79 Å². The van der Waals surface area contributed by atoms with Crippen molar-refractivity contribution in [2.45, 2.75) is 44.9 Å². The molecule has 1 aliphatic heterocycles. The number of benzene rings is 1. The number of carbonyl (C=O) groups excluding carboxylic acids is 3. The minimum atomic E-state index is -1.00. The standard InChI is InChI=1S/C23H27N3O8/c1-23(2,3)34-22(31)26-12-14(27)11-15(26)18-24-16(21(30)32-5)17(19(28)25(18)4)33-20(29)13-9-7-6-8-10-13/h6-10,14-15,27H,11-12H2,1-5H3/t14-,15+/m1/s1. The number of ether oxygens (including phenoxy) is 3. The summed E-state index contributed by atoms with van der Waals surface area (Å²) >= 11 is 0. The summed E-state index contributed by atoms with van der Waals surface area (Å²) in [6.45, 7) is 5.05. The van der Waals surface area contributed by atoms with Crippen LogP contribution in [-0.4, -0.2) is 62.9 Å². The van der Waals surface area contributed by atoms with Gasteiger partial charge in [-0.05, 0) is 32.9 Å². The predicted octanol–water partition coefficient (Wildman–Crippen LogP) is 1.83. The molecule has 1 aromatic heterocycles. The van der Waals surface area contributed by atoms with Gasteiger partial charge in [-0.15, -0.1) is 0 Å². The topological polar surface area (TPSA) is 137 Å². The molecule has 3 rings (SSSR count). The van der Waals surface area contributed by atoms with Gasteiger partial charge in [-0.3, -0.25) is 14.3 Å². The second-order valence-electron chi connectivity index (χ2n) is 8.80. The number of carbonyl (C=O) groups is 3. The van der Waals surface area contributed by atoms with Crippen molar-refractivity contribution < 1.29 is 33.7 Å². The van der Waals surface area contributed by atoms with Crippen LogP contribution in [-0.2, 0) is 16.5 Å². The Labute approximate surface area is 195 Å². The predicted molar refractivity (Wildman–Crippen MR) is 119 cm³/mol. The van der Waals surface area contributed by atoms with Crippen molar-refractivity contribution in [3.8, 4) is 5.75 Å². The van der Waals surface area contributed by atoms with Gasteiger partial charge in [0.05, 0.1) is 31.4 Å². The van der Waals surface area contributed by atoms with Gasteiger partial charge >= 0.3 is 18.0 Å². The van der Waals surface area contributed by atoms with Gasteiger partial charge in [-0.2, -0.15) is 0 Å². The Morgan fingerprint density at radius 2 is 1.76 bits per heavy atom. The number of amides is 1. The maximum Gasteiger partial charge on any atom is 0.411 e. The molecule has 2 atom stereocenters. The average molecular weight is 473 g/mol. The second-order valence-corrected chi connectivity index (χ2v) is 8.80. The zero-order valence-electron chi connectivity index (χ0n) is 19.6. The van der Waals surface area contributed by atoms with Gasteiger partial charge in [0.2, 0.25) is 5.75 Å². The van der Waals surface area contributed by atoms with Crippen molar-refractivity contribution in [3.05, 3.63) is 57.8 Å². The molecule has 1 N–H and O–H groups in total. The van der Waals surface area contributed by atoms with Gasteiger partial charge in [0.1, 0.15) is 11.4 Å². The van der Waals surface area contributed by atoms with E-state index >= 15 is 0 Å². The van der Waals surface area contributed by atoms with Crippen LogP contribution in [0.25, 0.3) is 0 Å². The van der Waals surface area contributed by atoms with Crippen molar-refractivity contribution in [2.75, 3.05) is 13.7 Å². The van der Waals surface area contributed by atoms with Crippen LogP contribution < -0.4 is 10.3 Å². The highest BCUT2D eigenvalue weighted by Crippen LogP contribution is 2.33. The van der Waals surface area contributed by atoms with E-state index in [2.05, 4.69) is 4.98 Å². The van der Waals surface area contributed by atoms with E-state index < -0.39 is 52.8 Å². The summed E-state index contributed by atoms with van der Waals surface area (Å²) in [5.41, 5.74) is -1.98. The maximum atomic E-state index is 13.2. The molecule has 1 saturated heterocycles. The largest absolute Gasteiger partial charge is 0.464 e. The SMILES string of the molecule is COC(=O)c1nc([C@@H]2C[C@@H](O)CN2C(=O)OC(C)(C)C)n(C)c(=O)c1OC(=O)c1ccccc1. The summed E-state index contributed by atoms with van der Waals surface area (Å²) in [5.74, 6) is -2.46. The molecule has 2 aromatic rings. The van der Waals surface area contributed by atoms with Gasteiger partial charge in [0.25, 0.3) is 5.56 Å². The Hall–Kier alpha value is -3.73. The van der Waals surface area contributed by atoms with Gasteiger partial charge in [-0.1, -0.05) is 18.2 Å². The summed E-state index contributed by atoms with van der Waals surface area (Å²) in [6.07, 6.45) is -1.54. The smallest absolute Gasteiger partial charge is 0.411 e. The number of hydrogen-bond donors (Lipinski definition) is 1. The normalized spacial score (nSPS) is 17.9. The number of aliphatic hydroxyl groups excluding tert-OH is 1. The van der Waals surface area contributed by atoms with Crippen LogP contribution in [0.3, 0.4) is 0 Å². The summed E-state index contributed by atoms with van der Waals surface area (Å²) in [6, 6.07) is 7.06. The quantitative estimate of drug-likeness (QED) is 0.659. The van der Waals surface area contributed by atoms with E-state index in [4.69, 9.17) is 14.2 Å². The fourth-order valence-corrected chi connectivity index (χ4v) is 3.53. The van der Waals surface area contributed by atoms with Crippen molar-refractivity contribution >= 4 is 18.0 Å². The summed E-state index contributed by atoms with van der Waals surface area (Å²) in [5, 5.41) is 10.2. The Morgan fingerprint density at radius 1 is 1.12 bits per heavy atom. The molecule has 0 saturated carbocycles. The van der Waals surface area contributed by atoms with Crippen LogP contribution in [0.2, 0.25) is 0 Å². The van der Waals surface area contributed by atoms with E-state index in [1.165, 1.54) is 24.1 Å². The third kappa shape index (κ3) is 5.25. The van der Waals surface area contributed by atoms with Crippen LogP contribution in [0.15, 0.2) is 35.1 Å². The molecule has 182 valence electrons. The van der Waals surface area contributed by atoms with Gasteiger partial charge < -0.3 is 19.3 Å². The van der Waals surface area contributed by atoms with Crippen LogP contribution >= 0.6 is 0 Å². The molecular formula is C23H27N3O8. The molecule has 0 radical (unpaired) electrons. The first-order valence-corrected chi connectivity index (χ1v) is 10.6. The van der Waals surface area contributed by atoms with Gasteiger partial charge in [0, 0.05) is 13.5 Å². The molecule has 1 amide bonds. The highest BCUT2D eigenvalue weighted by molar-refractivity contribution is 5.94. The Balaban J connectivity index is 2.06. The fraction of sp³-hybridized carbons (Fsp3) is 0.435. The third-order valence-corrected chi connectivity index (χ3v) is 5.07. The molecule has 1 aliphatic rings. The summed E-state index contributed by atoms with van der Waals surface area (Å²) < 4.78 is 16.5. The van der Waals surface area contributed by atoms with E-state index in [1.807, 2.05) is 0 Å². The first-order chi connectivity index (χ1) is 15.9. The molecular weight excluding hydrogens is 446 g/mol. The minimum absolute atomic E-state index is 0.00678. The number of esters is 2. The van der Waals surface area contributed by atoms with Crippen LogP contribution in [0.1, 0.15) is 59.9 Å². The maximum absolute atomic E-state index is 13.2. The molecule has 0 spiro atoms. The Morgan fingerprint density at radius 3 is 2.35 bits per heavy atom. The van der Waals surface area contributed by atoms with E-state index in [0.29, 0.717) is 0 Å². The molecule has 0 unspecified atom stereocenters. The lowest BCUT2D eigenvalue weighted by atomic mass is 10.1. The monoisotopic (exact) mass is 473 g/mol. The number of β-amino-alcohol motifs (C(OH)–C–C–N with tert-alkyl or cyclic N) is 1. The minimum Gasteiger partial charge on any atom is -0.464 e. The highest BCUT2D eigenvalue weighted by atomic mass is 16.6. The van der Waals surface area contributed by atoms with Crippen molar-refractivity contribution in [1.82, 2.24) is 14.5 Å². The number of hydrogen-bond acceptors (Lipinski definition) is 9. The highest BCUT2D eigenvalue weighted by Gasteiger charge is 2.41. The first kappa shape index (κ1) is 24.9. The lowest BCUT2D eigenvalue weighted by molar-refractivity contribution is 0.0198. The summed E-state index contributed by atoms with van der Waals surface area (Å²) in [7, 11) is 2.46. The van der Waals surface area contributed by atoms with Gasteiger partial charge in [-0.25, -0.2) is 19.4 Å². The Bertz CT molecular complexity index is 1150. The summed E-state index contributed by atoms with van der Waals surface area (Å²) in [4.78, 5) is 56.4. The second kappa shape index (κ2) is 9.64. The first-order valence-electron chi connectivity index (χ1n) is 10.6. The average Bonchev–Trinajstić information content (AvgIpc) is 3.17. The molecule has 11 nitrogen and oxygen atoms in total. The number of rotatable bonds is 4. The van der Waals surface area contributed by atoms with E-state index in [0.717, 1.165) is 11.7 Å². The van der Waals surface area contributed by atoms with Crippen molar-refractivity contribution in [1.29, 1.82) is 0 Å². The molecule has 2 heterocycles. The number of aliphatic hydroxyl groups is 1.